The normalized spacial score (nSPS) is 10.3. The first kappa shape index (κ1) is 14.3. The van der Waals surface area contributed by atoms with Crippen LogP contribution in [0.4, 0.5) is 10.1 Å². The van der Waals surface area contributed by atoms with E-state index in [1.54, 1.807) is 25.1 Å². The lowest BCUT2D eigenvalue weighted by molar-refractivity contribution is 0.0696. The van der Waals surface area contributed by atoms with Gasteiger partial charge in [0.2, 0.25) is 0 Å². The van der Waals surface area contributed by atoms with Crippen molar-refractivity contribution >= 4 is 23.3 Å². The molecule has 0 heterocycles. The van der Waals surface area contributed by atoms with E-state index in [1.165, 1.54) is 18.2 Å². The van der Waals surface area contributed by atoms with Gasteiger partial charge in [0.25, 0.3) is 0 Å². The molecule has 3 nitrogen and oxygen atoms in total. The lowest BCUT2D eigenvalue weighted by Crippen LogP contribution is -2.07. The number of carboxylic acid groups (broad SMARTS) is 1. The maximum atomic E-state index is 13.6. The van der Waals surface area contributed by atoms with Crippen molar-refractivity contribution in [3.05, 3.63) is 63.9 Å². The SMILES string of the molecule is Cc1c(NCc2c(F)cccc2Cl)cccc1C(=O)O. The predicted molar refractivity (Wildman–Crippen MR) is 76.9 cm³/mol. The highest BCUT2D eigenvalue weighted by molar-refractivity contribution is 6.31. The molecule has 0 radical (unpaired) electrons. The number of rotatable bonds is 4. The molecule has 0 atom stereocenters. The van der Waals surface area contributed by atoms with Crippen LogP contribution in [0.2, 0.25) is 5.02 Å². The summed E-state index contributed by atoms with van der Waals surface area (Å²) in [5, 5.41) is 12.4. The van der Waals surface area contributed by atoms with Crippen LogP contribution in [0.5, 0.6) is 0 Å². The Morgan fingerprint density at radius 3 is 2.65 bits per heavy atom. The summed E-state index contributed by atoms with van der Waals surface area (Å²) in [6.07, 6.45) is 0. The highest BCUT2D eigenvalue weighted by atomic mass is 35.5. The maximum absolute atomic E-state index is 13.6. The number of hydrogen-bond acceptors (Lipinski definition) is 2. The molecule has 2 N–H and O–H groups in total. The van der Waals surface area contributed by atoms with Crippen LogP contribution in [-0.4, -0.2) is 11.1 Å². The first-order chi connectivity index (χ1) is 9.50. The zero-order chi connectivity index (χ0) is 14.7. The summed E-state index contributed by atoms with van der Waals surface area (Å²) in [7, 11) is 0. The summed E-state index contributed by atoms with van der Waals surface area (Å²) in [5.41, 5.74) is 1.82. The van der Waals surface area contributed by atoms with Gasteiger partial charge in [-0.1, -0.05) is 23.7 Å². The molecular formula is C15H13ClFNO2. The third-order valence-corrected chi connectivity index (χ3v) is 3.44. The Kier molecular flexibility index (Phi) is 4.25. The molecule has 2 aromatic rings. The molecule has 0 aliphatic carbocycles. The fraction of sp³-hybridized carbons (Fsp3) is 0.133. The van der Waals surface area contributed by atoms with E-state index < -0.39 is 11.8 Å². The highest BCUT2D eigenvalue weighted by Gasteiger charge is 2.11. The van der Waals surface area contributed by atoms with Gasteiger partial charge in [-0.2, -0.15) is 0 Å². The Morgan fingerprint density at radius 1 is 1.30 bits per heavy atom. The molecule has 0 aliphatic rings. The van der Waals surface area contributed by atoms with Crippen molar-refractivity contribution < 1.29 is 14.3 Å². The van der Waals surface area contributed by atoms with Crippen LogP contribution >= 0.6 is 11.6 Å². The topological polar surface area (TPSA) is 49.3 Å². The van der Waals surface area contributed by atoms with Gasteiger partial charge in [-0.25, -0.2) is 9.18 Å². The summed E-state index contributed by atoms with van der Waals surface area (Å²) >= 11 is 5.94. The van der Waals surface area contributed by atoms with Crippen LogP contribution in [-0.2, 0) is 6.54 Å². The van der Waals surface area contributed by atoms with Gasteiger partial charge in [0.05, 0.1) is 5.56 Å². The van der Waals surface area contributed by atoms with E-state index >= 15 is 0 Å². The van der Waals surface area contributed by atoms with Crippen LogP contribution in [0.25, 0.3) is 0 Å². The minimum absolute atomic E-state index is 0.190. The van der Waals surface area contributed by atoms with Crippen molar-refractivity contribution in [3.63, 3.8) is 0 Å². The average molecular weight is 294 g/mol. The monoisotopic (exact) mass is 293 g/mol. The molecule has 0 unspecified atom stereocenters. The minimum atomic E-state index is -0.991. The van der Waals surface area contributed by atoms with Crippen molar-refractivity contribution in [2.24, 2.45) is 0 Å². The minimum Gasteiger partial charge on any atom is -0.478 e. The number of halogens is 2. The predicted octanol–water partition coefficient (Wildman–Crippen LogP) is 4.10. The van der Waals surface area contributed by atoms with Gasteiger partial charge in [-0.05, 0) is 36.8 Å². The zero-order valence-electron chi connectivity index (χ0n) is 10.8. The van der Waals surface area contributed by atoms with Crippen molar-refractivity contribution in [2.75, 3.05) is 5.32 Å². The van der Waals surface area contributed by atoms with Crippen LogP contribution in [0.1, 0.15) is 21.5 Å². The van der Waals surface area contributed by atoms with Gasteiger partial charge < -0.3 is 10.4 Å². The van der Waals surface area contributed by atoms with E-state index in [1.807, 2.05) is 0 Å². The van der Waals surface area contributed by atoms with Crippen molar-refractivity contribution in [1.29, 1.82) is 0 Å². The summed E-state index contributed by atoms with van der Waals surface area (Å²) in [6, 6.07) is 9.40. The van der Waals surface area contributed by atoms with Gasteiger partial charge in [0.1, 0.15) is 5.82 Å². The summed E-state index contributed by atoms with van der Waals surface area (Å²) in [4.78, 5) is 11.0. The molecule has 0 saturated carbocycles. The number of carbonyl (C=O) groups is 1. The zero-order valence-corrected chi connectivity index (χ0v) is 11.5. The largest absolute Gasteiger partial charge is 0.478 e. The molecule has 104 valence electrons. The lowest BCUT2D eigenvalue weighted by atomic mass is 10.1. The van der Waals surface area contributed by atoms with E-state index in [2.05, 4.69) is 5.32 Å². The fourth-order valence-corrected chi connectivity index (χ4v) is 2.17. The Morgan fingerprint density at radius 2 is 2.00 bits per heavy atom. The Balaban J connectivity index is 2.24. The first-order valence-electron chi connectivity index (χ1n) is 6.00. The van der Waals surface area contributed by atoms with Crippen LogP contribution < -0.4 is 5.32 Å². The standard InChI is InChI=1S/C15H13ClFNO2/c1-9-10(15(19)20)4-2-7-14(9)18-8-11-12(16)5-3-6-13(11)17/h2-7,18H,8H2,1H3,(H,19,20). The van der Waals surface area contributed by atoms with Crippen LogP contribution in [0.15, 0.2) is 36.4 Å². The molecule has 0 amide bonds. The third-order valence-electron chi connectivity index (χ3n) is 3.08. The van der Waals surface area contributed by atoms with E-state index in [0.29, 0.717) is 21.8 Å². The lowest BCUT2D eigenvalue weighted by Gasteiger charge is -2.12. The Hall–Kier alpha value is -2.07. The third kappa shape index (κ3) is 2.91. The van der Waals surface area contributed by atoms with Crippen molar-refractivity contribution in [1.82, 2.24) is 0 Å². The number of hydrogen-bond donors (Lipinski definition) is 2. The summed E-state index contributed by atoms with van der Waals surface area (Å²) < 4.78 is 13.6. The number of aromatic carboxylic acids is 1. The molecule has 0 aromatic heterocycles. The van der Waals surface area contributed by atoms with Crippen LogP contribution in [0, 0.1) is 12.7 Å². The second-order valence-corrected chi connectivity index (χ2v) is 4.74. The first-order valence-corrected chi connectivity index (χ1v) is 6.38. The molecule has 0 bridgehead atoms. The Bertz CT molecular complexity index is 638. The molecular weight excluding hydrogens is 281 g/mol. The smallest absolute Gasteiger partial charge is 0.336 e. The number of anilines is 1. The van der Waals surface area contributed by atoms with Gasteiger partial charge in [0.15, 0.2) is 0 Å². The fourth-order valence-electron chi connectivity index (χ4n) is 1.94. The van der Waals surface area contributed by atoms with E-state index in [4.69, 9.17) is 16.7 Å². The molecule has 0 fully saturated rings. The van der Waals surface area contributed by atoms with Crippen molar-refractivity contribution in [3.8, 4) is 0 Å². The second kappa shape index (κ2) is 5.92. The van der Waals surface area contributed by atoms with Gasteiger partial charge >= 0.3 is 5.97 Å². The second-order valence-electron chi connectivity index (χ2n) is 4.34. The summed E-state index contributed by atoms with van der Waals surface area (Å²) in [5.74, 6) is -1.38. The van der Waals surface area contributed by atoms with Gasteiger partial charge in [-0.15, -0.1) is 0 Å². The molecule has 20 heavy (non-hydrogen) atoms. The number of benzene rings is 2. The van der Waals surface area contributed by atoms with E-state index in [9.17, 15) is 9.18 Å². The maximum Gasteiger partial charge on any atom is 0.336 e. The highest BCUT2D eigenvalue weighted by Crippen LogP contribution is 2.23. The molecule has 0 aliphatic heterocycles. The molecule has 0 spiro atoms. The summed E-state index contributed by atoms with van der Waals surface area (Å²) in [6.45, 7) is 1.89. The molecule has 5 heteroatoms. The average Bonchev–Trinajstić information content (AvgIpc) is 2.39. The molecule has 2 rings (SSSR count). The molecule has 2 aromatic carbocycles. The van der Waals surface area contributed by atoms with Gasteiger partial charge in [-0.3, -0.25) is 0 Å². The van der Waals surface area contributed by atoms with E-state index in [-0.39, 0.29) is 12.1 Å². The Labute approximate surface area is 121 Å². The number of carboxylic acids is 1. The van der Waals surface area contributed by atoms with Gasteiger partial charge in [0, 0.05) is 22.8 Å². The quantitative estimate of drug-likeness (QED) is 0.892. The number of nitrogens with one attached hydrogen (secondary N) is 1. The van der Waals surface area contributed by atoms with E-state index in [0.717, 1.165) is 0 Å². The van der Waals surface area contributed by atoms with Crippen LogP contribution in [0.3, 0.4) is 0 Å². The molecule has 0 saturated heterocycles. The van der Waals surface area contributed by atoms with Crippen molar-refractivity contribution in [2.45, 2.75) is 13.5 Å².